The number of ketones is 1. The number of hydrogen-bond acceptors (Lipinski definition) is 12. The van der Waals surface area contributed by atoms with Crippen LogP contribution in [0.25, 0.3) is 11.4 Å². The van der Waals surface area contributed by atoms with Crippen molar-refractivity contribution < 1.29 is 23.1 Å². The Labute approximate surface area is 268 Å². The SMILES string of the molecule is CC(C)=CC(=O)CCCC(=O)N1CCC(CN2CCN(c3nc(-c4cnc(N)nc4C(F)F)nc(N4CCOCC4)n3)CC2)CC1. The number of aromatic nitrogens is 5. The van der Waals surface area contributed by atoms with E-state index in [0.717, 1.165) is 51.1 Å². The van der Waals surface area contributed by atoms with E-state index in [1.807, 2.05) is 23.6 Å². The molecule has 3 aliphatic heterocycles. The molecule has 0 radical (unpaired) electrons. The summed E-state index contributed by atoms with van der Waals surface area (Å²) in [6.07, 6.45) is 3.34. The normalized spacial score (nSPS) is 18.2. The Kier molecular flexibility index (Phi) is 11.4. The van der Waals surface area contributed by atoms with Crippen LogP contribution in [0, 0.1) is 5.92 Å². The molecule has 15 heteroatoms. The van der Waals surface area contributed by atoms with Crippen LogP contribution in [0.15, 0.2) is 17.8 Å². The van der Waals surface area contributed by atoms with E-state index in [1.165, 1.54) is 6.20 Å². The molecule has 0 bridgehead atoms. The number of alkyl halides is 2. The van der Waals surface area contributed by atoms with Crippen molar-refractivity contribution in [3.63, 3.8) is 0 Å². The number of ether oxygens (including phenoxy) is 1. The summed E-state index contributed by atoms with van der Waals surface area (Å²) in [7, 11) is 0. The molecule has 2 aromatic heterocycles. The number of likely N-dealkylation sites (tertiary alicyclic amines) is 1. The third-order valence-electron chi connectivity index (χ3n) is 8.59. The quantitative estimate of drug-likeness (QED) is 0.360. The van der Waals surface area contributed by atoms with Crippen molar-refractivity contribution in [3.8, 4) is 11.4 Å². The largest absolute Gasteiger partial charge is 0.378 e. The van der Waals surface area contributed by atoms with E-state index in [1.54, 1.807) is 6.08 Å². The number of carbonyl (C=O) groups is 2. The molecular formula is C31H44F2N10O3. The number of halogens is 2. The van der Waals surface area contributed by atoms with Crippen molar-refractivity contribution in [3.05, 3.63) is 23.5 Å². The van der Waals surface area contributed by atoms with E-state index in [9.17, 15) is 18.4 Å². The standard InChI is InChI=1S/C31H44F2N10O3/c1-21(2)18-23(44)4-3-5-25(45)41-8-6-22(7-9-41)20-40-10-12-42(13-11-40)30-37-28(24-19-35-29(34)36-26(24)27(32)33)38-31(39-30)43-14-16-46-17-15-43/h18-19,22,27H,3-17,20H2,1-2H3,(H2,34,35,36). The van der Waals surface area contributed by atoms with Gasteiger partial charge in [-0.05, 0) is 45.1 Å². The first kappa shape index (κ1) is 33.5. The second-order valence-corrected chi connectivity index (χ2v) is 12.3. The lowest BCUT2D eigenvalue weighted by Gasteiger charge is -2.39. The molecule has 3 fully saturated rings. The Morgan fingerprint density at radius 2 is 1.59 bits per heavy atom. The van der Waals surface area contributed by atoms with Crippen molar-refractivity contribution in [1.29, 1.82) is 0 Å². The maximum absolute atomic E-state index is 13.9. The number of allylic oxidation sites excluding steroid dienone is 2. The van der Waals surface area contributed by atoms with Gasteiger partial charge in [-0.3, -0.25) is 14.5 Å². The van der Waals surface area contributed by atoms with Gasteiger partial charge in [0.2, 0.25) is 23.8 Å². The fourth-order valence-corrected chi connectivity index (χ4v) is 6.10. The van der Waals surface area contributed by atoms with E-state index < -0.39 is 12.1 Å². The molecule has 250 valence electrons. The van der Waals surface area contributed by atoms with Crippen LogP contribution in [0.4, 0.5) is 26.6 Å². The van der Waals surface area contributed by atoms with Crippen LogP contribution in [0.5, 0.6) is 0 Å². The predicted octanol–water partition coefficient (Wildman–Crippen LogP) is 2.75. The molecule has 5 heterocycles. The Morgan fingerprint density at radius 1 is 0.935 bits per heavy atom. The second-order valence-electron chi connectivity index (χ2n) is 12.3. The fourth-order valence-electron chi connectivity index (χ4n) is 6.10. The Hall–Kier alpha value is -3.85. The lowest BCUT2D eigenvalue weighted by atomic mass is 9.95. The summed E-state index contributed by atoms with van der Waals surface area (Å²) in [5.41, 5.74) is 6.10. The number of nitrogens with zero attached hydrogens (tertiary/aromatic N) is 9. The van der Waals surface area contributed by atoms with Crippen molar-refractivity contribution >= 4 is 29.5 Å². The van der Waals surface area contributed by atoms with Gasteiger partial charge < -0.3 is 25.2 Å². The molecule has 0 aliphatic carbocycles. The number of nitrogen functional groups attached to an aromatic ring is 1. The summed E-state index contributed by atoms with van der Waals surface area (Å²) in [6.45, 7) is 11.4. The summed E-state index contributed by atoms with van der Waals surface area (Å²) in [5.74, 6) is 1.41. The lowest BCUT2D eigenvalue weighted by Crippen LogP contribution is -2.49. The number of nitrogens with two attached hydrogens (primary N) is 1. The number of piperazine rings is 1. The third kappa shape index (κ3) is 8.90. The summed E-state index contributed by atoms with van der Waals surface area (Å²) < 4.78 is 33.3. The van der Waals surface area contributed by atoms with Gasteiger partial charge in [0.25, 0.3) is 6.43 Å². The van der Waals surface area contributed by atoms with Crippen LogP contribution in [-0.2, 0) is 14.3 Å². The molecule has 0 saturated carbocycles. The number of amides is 1. The minimum atomic E-state index is -2.87. The van der Waals surface area contributed by atoms with E-state index in [0.29, 0.717) is 76.5 Å². The number of rotatable bonds is 11. The summed E-state index contributed by atoms with van der Waals surface area (Å²) in [5, 5.41) is 0. The van der Waals surface area contributed by atoms with Gasteiger partial charge in [-0.2, -0.15) is 15.0 Å². The van der Waals surface area contributed by atoms with E-state index in [-0.39, 0.29) is 29.0 Å². The first-order chi connectivity index (χ1) is 22.2. The maximum Gasteiger partial charge on any atom is 0.281 e. The van der Waals surface area contributed by atoms with Gasteiger partial charge in [0.15, 0.2) is 11.6 Å². The number of piperidine rings is 1. The van der Waals surface area contributed by atoms with Crippen LogP contribution in [-0.4, -0.2) is 119 Å². The number of anilines is 3. The molecule has 13 nitrogen and oxygen atoms in total. The molecule has 0 unspecified atom stereocenters. The molecule has 0 spiro atoms. The third-order valence-corrected chi connectivity index (χ3v) is 8.59. The van der Waals surface area contributed by atoms with Gasteiger partial charge in [0.1, 0.15) is 5.69 Å². The number of hydrogen-bond donors (Lipinski definition) is 1. The van der Waals surface area contributed by atoms with Crippen LogP contribution >= 0.6 is 0 Å². The van der Waals surface area contributed by atoms with Crippen molar-refractivity contribution in [2.24, 2.45) is 5.92 Å². The highest BCUT2D eigenvalue weighted by molar-refractivity contribution is 5.90. The molecule has 2 aromatic rings. The molecule has 0 aromatic carbocycles. The molecule has 0 atom stereocenters. The first-order valence-electron chi connectivity index (χ1n) is 16.1. The van der Waals surface area contributed by atoms with E-state index in [4.69, 9.17) is 15.5 Å². The van der Waals surface area contributed by atoms with Gasteiger partial charge in [0, 0.05) is 77.9 Å². The van der Waals surface area contributed by atoms with Crippen LogP contribution in [0.3, 0.4) is 0 Å². The molecule has 46 heavy (non-hydrogen) atoms. The number of morpholine rings is 1. The number of carbonyl (C=O) groups excluding carboxylic acids is 2. The van der Waals surface area contributed by atoms with Crippen molar-refractivity contribution in [2.75, 3.05) is 87.7 Å². The Morgan fingerprint density at radius 3 is 2.22 bits per heavy atom. The lowest BCUT2D eigenvalue weighted by molar-refractivity contribution is -0.132. The Balaban J connectivity index is 1.16. The van der Waals surface area contributed by atoms with Gasteiger partial charge in [-0.25, -0.2) is 18.7 Å². The van der Waals surface area contributed by atoms with Crippen molar-refractivity contribution in [2.45, 2.75) is 52.4 Å². The monoisotopic (exact) mass is 642 g/mol. The van der Waals surface area contributed by atoms with Gasteiger partial charge in [0.05, 0.1) is 18.8 Å². The molecule has 3 aliphatic rings. The van der Waals surface area contributed by atoms with Gasteiger partial charge >= 0.3 is 0 Å². The molecule has 5 rings (SSSR count). The van der Waals surface area contributed by atoms with Crippen molar-refractivity contribution in [1.82, 2.24) is 34.7 Å². The van der Waals surface area contributed by atoms with Crippen LogP contribution in [0.2, 0.25) is 0 Å². The predicted molar refractivity (Wildman–Crippen MR) is 170 cm³/mol. The highest BCUT2D eigenvalue weighted by atomic mass is 19.3. The zero-order valence-corrected chi connectivity index (χ0v) is 26.7. The minimum absolute atomic E-state index is 0.0306. The minimum Gasteiger partial charge on any atom is -0.378 e. The molecule has 3 saturated heterocycles. The smallest absolute Gasteiger partial charge is 0.281 e. The average molecular weight is 643 g/mol. The molecular weight excluding hydrogens is 598 g/mol. The summed E-state index contributed by atoms with van der Waals surface area (Å²) >= 11 is 0. The van der Waals surface area contributed by atoms with Gasteiger partial charge in [-0.15, -0.1) is 0 Å². The summed E-state index contributed by atoms with van der Waals surface area (Å²) in [6, 6.07) is 0. The van der Waals surface area contributed by atoms with Crippen LogP contribution < -0.4 is 15.5 Å². The van der Waals surface area contributed by atoms with E-state index in [2.05, 4.69) is 29.7 Å². The van der Waals surface area contributed by atoms with E-state index >= 15 is 0 Å². The topological polar surface area (TPSA) is 147 Å². The molecule has 1 amide bonds. The summed E-state index contributed by atoms with van der Waals surface area (Å²) in [4.78, 5) is 54.6. The highest BCUT2D eigenvalue weighted by Gasteiger charge is 2.28. The average Bonchev–Trinajstić information content (AvgIpc) is 3.05. The zero-order valence-electron chi connectivity index (χ0n) is 26.7. The second kappa shape index (κ2) is 15.6. The van der Waals surface area contributed by atoms with Gasteiger partial charge in [-0.1, -0.05) is 5.57 Å². The fraction of sp³-hybridized carbons (Fsp3) is 0.645. The highest BCUT2D eigenvalue weighted by Crippen LogP contribution is 2.30. The van der Waals surface area contributed by atoms with Crippen LogP contribution in [0.1, 0.15) is 58.1 Å². The Bertz CT molecular complexity index is 1380. The molecule has 2 N–H and O–H groups in total. The maximum atomic E-state index is 13.9. The first-order valence-corrected chi connectivity index (χ1v) is 16.1. The zero-order chi connectivity index (χ0) is 32.6.